The summed E-state index contributed by atoms with van der Waals surface area (Å²) < 4.78 is 45.8. The lowest BCUT2D eigenvalue weighted by Crippen LogP contribution is -2.19. The highest BCUT2D eigenvalue weighted by atomic mass is 32.2. The molecule has 29 heavy (non-hydrogen) atoms. The van der Waals surface area contributed by atoms with Crippen LogP contribution < -0.4 is 20.1 Å². The zero-order valence-corrected chi connectivity index (χ0v) is 16.2. The molecular formula is C20H18FN3O4S. The van der Waals surface area contributed by atoms with Crippen LogP contribution >= 0.6 is 0 Å². The maximum atomic E-state index is 13.1. The molecule has 0 saturated heterocycles. The molecule has 3 aromatic carbocycles. The number of anilines is 3. The van der Waals surface area contributed by atoms with Crippen molar-refractivity contribution in [1.82, 2.24) is 0 Å². The van der Waals surface area contributed by atoms with Gasteiger partial charge in [0.1, 0.15) is 11.6 Å². The Labute approximate surface area is 167 Å². The Balaban J connectivity index is 1.79. The van der Waals surface area contributed by atoms with E-state index >= 15 is 0 Å². The molecular weight excluding hydrogens is 397 g/mol. The number of ether oxygens (including phenoxy) is 1. The van der Waals surface area contributed by atoms with E-state index in [0.29, 0.717) is 11.4 Å². The number of rotatable bonds is 6. The molecule has 0 saturated carbocycles. The van der Waals surface area contributed by atoms with Gasteiger partial charge < -0.3 is 15.4 Å². The van der Waals surface area contributed by atoms with Crippen LogP contribution in [0.2, 0.25) is 0 Å². The lowest BCUT2D eigenvalue weighted by atomic mass is 10.2. The van der Waals surface area contributed by atoms with Gasteiger partial charge in [0.25, 0.3) is 10.0 Å². The summed E-state index contributed by atoms with van der Waals surface area (Å²) in [6, 6.07) is 17.3. The number of halogens is 1. The number of sulfonamides is 1. The van der Waals surface area contributed by atoms with Crippen LogP contribution in [0.1, 0.15) is 0 Å². The second-order valence-electron chi connectivity index (χ2n) is 5.92. The van der Waals surface area contributed by atoms with Crippen molar-refractivity contribution < 1.29 is 22.3 Å². The quantitative estimate of drug-likeness (QED) is 0.560. The Bertz CT molecular complexity index is 1100. The molecule has 0 bridgehead atoms. The van der Waals surface area contributed by atoms with Crippen LogP contribution in [0.3, 0.4) is 0 Å². The highest BCUT2D eigenvalue weighted by Gasteiger charge is 2.17. The predicted molar refractivity (Wildman–Crippen MR) is 109 cm³/mol. The summed E-state index contributed by atoms with van der Waals surface area (Å²) in [5.41, 5.74) is 1.07. The fourth-order valence-corrected chi connectivity index (χ4v) is 3.56. The number of nitrogens with one attached hydrogen (secondary N) is 3. The number of carbonyl (C=O) groups is 1. The van der Waals surface area contributed by atoms with Gasteiger partial charge in [-0.15, -0.1) is 0 Å². The molecule has 3 rings (SSSR count). The number of hydrogen-bond acceptors (Lipinski definition) is 4. The first-order chi connectivity index (χ1) is 13.9. The highest BCUT2D eigenvalue weighted by Crippen LogP contribution is 2.30. The predicted octanol–water partition coefficient (Wildman–Crippen LogP) is 4.28. The molecule has 0 aromatic heterocycles. The molecule has 0 aliphatic heterocycles. The van der Waals surface area contributed by atoms with Gasteiger partial charge in [-0.3, -0.25) is 4.72 Å². The third kappa shape index (κ3) is 5.23. The van der Waals surface area contributed by atoms with Gasteiger partial charge in [-0.2, -0.15) is 0 Å². The number of para-hydroxylation sites is 1. The molecule has 3 aromatic rings. The molecule has 0 atom stereocenters. The topological polar surface area (TPSA) is 96.5 Å². The second-order valence-corrected chi connectivity index (χ2v) is 7.60. The van der Waals surface area contributed by atoms with E-state index in [9.17, 15) is 17.6 Å². The van der Waals surface area contributed by atoms with Crippen LogP contribution in [0, 0.1) is 5.82 Å². The lowest BCUT2D eigenvalue weighted by molar-refractivity contribution is 0.262. The van der Waals surface area contributed by atoms with Crippen LogP contribution in [0.15, 0.2) is 77.7 Å². The molecule has 0 aliphatic rings. The summed E-state index contributed by atoms with van der Waals surface area (Å²) in [5.74, 6) is -0.290. The first-order valence-corrected chi connectivity index (χ1v) is 9.95. The minimum atomic E-state index is -3.98. The van der Waals surface area contributed by atoms with Crippen molar-refractivity contribution in [2.45, 2.75) is 4.90 Å². The summed E-state index contributed by atoms with van der Waals surface area (Å²) in [7, 11) is -2.59. The van der Waals surface area contributed by atoms with Gasteiger partial charge in [0.05, 0.1) is 17.7 Å². The SMILES string of the molecule is COc1ccc(NC(=O)Nc2ccccc2)cc1NS(=O)(=O)c1ccc(F)cc1. The normalized spacial score (nSPS) is 10.8. The molecule has 0 unspecified atom stereocenters. The second kappa shape index (κ2) is 8.61. The van der Waals surface area contributed by atoms with Crippen molar-refractivity contribution in [3.63, 3.8) is 0 Å². The first kappa shape index (κ1) is 20.2. The van der Waals surface area contributed by atoms with Crippen LogP contribution in [0.5, 0.6) is 5.75 Å². The minimum Gasteiger partial charge on any atom is -0.495 e. The maximum Gasteiger partial charge on any atom is 0.323 e. The Morgan fingerprint density at radius 2 is 1.55 bits per heavy atom. The van der Waals surface area contributed by atoms with E-state index in [1.54, 1.807) is 30.3 Å². The lowest BCUT2D eigenvalue weighted by Gasteiger charge is -2.14. The van der Waals surface area contributed by atoms with Crippen LogP contribution in [-0.4, -0.2) is 21.6 Å². The molecule has 0 aliphatic carbocycles. The number of hydrogen-bond donors (Lipinski definition) is 3. The van der Waals surface area contributed by atoms with Gasteiger partial charge in [0.2, 0.25) is 0 Å². The molecule has 7 nitrogen and oxygen atoms in total. The zero-order valence-electron chi connectivity index (χ0n) is 15.3. The van der Waals surface area contributed by atoms with E-state index in [1.807, 2.05) is 6.07 Å². The molecule has 9 heteroatoms. The zero-order chi connectivity index (χ0) is 20.9. The van der Waals surface area contributed by atoms with Gasteiger partial charge in [-0.1, -0.05) is 18.2 Å². The molecule has 0 radical (unpaired) electrons. The Kier molecular flexibility index (Phi) is 5.99. The summed E-state index contributed by atoms with van der Waals surface area (Å²) in [6.07, 6.45) is 0. The summed E-state index contributed by atoms with van der Waals surface area (Å²) in [4.78, 5) is 12.0. The van der Waals surface area contributed by atoms with Crippen molar-refractivity contribution in [1.29, 1.82) is 0 Å². The number of carbonyl (C=O) groups excluding carboxylic acids is 1. The average Bonchev–Trinajstić information content (AvgIpc) is 2.69. The number of amides is 2. The van der Waals surface area contributed by atoms with Crippen molar-refractivity contribution >= 4 is 33.1 Å². The van der Waals surface area contributed by atoms with Gasteiger partial charge in [-0.05, 0) is 54.6 Å². The Morgan fingerprint density at radius 3 is 2.21 bits per heavy atom. The highest BCUT2D eigenvalue weighted by molar-refractivity contribution is 7.92. The van der Waals surface area contributed by atoms with E-state index in [-0.39, 0.29) is 16.3 Å². The maximum absolute atomic E-state index is 13.1. The number of urea groups is 1. The van der Waals surface area contributed by atoms with Crippen molar-refractivity contribution in [3.05, 3.63) is 78.6 Å². The van der Waals surface area contributed by atoms with E-state index < -0.39 is 21.9 Å². The minimum absolute atomic E-state index is 0.110. The van der Waals surface area contributed by atoms with E-state index in [0.717, 1.165) is 24.3 Å². The third-order valence-electron chi connectivity index (χ3n) is 3.86. The van der Waals surface area contributed by atoms with E-state index in [1.165, 1.54) is 19.2 Å². The Hall–Kier alpha value is -3.59. The van der Waals surface area contributed by atoms with Gasteiger partial charge in [0, 0.05) is 11.4 Å². The largest absolute Gasteiger partial charge is 0.495 e. The summed E-state index contributed by atoms with van der Waals surface area (Å²) in [6.45, 7) is 0. The average molecular weight is 415 g/mol. The molecule has 0 spiro atoms. The van der Waals surface area contributed by atoms with Gasteiger partial charge >= 0.3 is 6.03 Å². The fraction of sp³-hybridized carbons (Fsp3) is 0.0500. The first-order valence-electron chi connectivity index (χ1n) is 8.47. The van der Waals surface area contributed by atoms with Gasteiger partial charge in [-0.25, -0.2) is 17.6 Å². The van der Waals surface area contributed by atoms with Crippen LogP contribution in [-0.2, 0) is 10.0 Å². The molecule has 3 N–H and O–H groups in total. The molecule has 150 valence electrons. The third-order valence-corrected chi connectivity index (χ3v) is 5.24. The summed E-state index contributed by atoms with van der Waals surface area (Å²) >= 11 is 0. The fourth-order valence-electron chi connectivity index (χ4n) is 2.50. The van der Waals surface area contributed by atoms with Crippen LogP contribution in [0.25, 0.3) is 0 Å². The molecule has 0 fully saturated rings. The van der Waals surface area contributed by atoms with E-state index in [2.05, 4.69) is 15.4 Å². The molecule has 0 heterocycles. The number of benzene rings is 3. The van der Waals surface area contributed by atoms with Crippen molar-refractivity contribution in [3.8, 4) is 5.75 Å². The standard InChI is InChI=1S/C20H18FN3O4S/c1-28-19-12-9-16(23-20(25)22-15-5-3-2-4-6-15)13-18(19)24-29(26,27)17-10-7-14(21)8-11-17/h2-13,24H,1H3,(H2,22,23,25). The van der Waals surface area contributed by atoms with Crippen molar-refractivity contribution in [2.75, 3.05) is 22.5 Å². The van der Waals surface area contributed by atoms with Gasteiger partial charge in [0.15, 0.2) is 0 Å². The number of methoxy groups -OCH3 is 1. The van der Waals surface area contributed by atoms with Crippen molar-refractivity contribution in [2.24, 2.45) is 0 Å². The summed E-state index contributed by atoms with van der Waals surface area (Å²) in [5, 5.41) is 5.29. The molecule has 2 amide bonds. The van der Waals surface area contributed by atoms with E-state index in [4.69, 9.17) is 4.74 Å². The monoisotopic (exact) mass is 415 g/mol. The Morgan fingerprint density at radius 1 is 0.897 bits per heavy atom. The van der Waals surface area contributed by atoms with Crippen LogP contribution in [0.4, 0.5) is 26.2 Å². The smallest absolute Gasteiger partial charge is 0.323 e.